The first kappa shape index (κ1) is 36.1. The molecule has 3 aliphatic rings. The van der Waals surface area contributed by atoms with E-state index in [4.69, 9.17) is 21.1 Å². The van der Waals surface area contributed by atoms with Crippen molar-refractivity contribution in [2.45, 2.75) is 78.0 Å². The van der Waals surface area contributed by atoms with E-state index in [1.165, 1.54) is 17.3 Å². The second kappa shape index (κ2) is 15.7. The Balaban J connectivity index is 1.44. The topological polar surface area (TPSA) is 115 Å². The van der Waals surface area contributed by atoms with E-state index in [9.17, 15) is 13.8 Å². The number of nitrogens with one attached hydrogen (secondary N) is 1. The zero-order valence-corrected chi connectivity index (χ0v) is 30.9. The Morgan fingerprint density at radius 2 is 1.98 bits per heavy atom. The Bertz CT molecular complexity index is 1870. The molecule has 268 valence electrons. The summed E-state index contributed by atoms with van der Waals surface area (Å²) in [5, 5.41) is 4.96. The molecule has 1 saturated carbocycles. The van der Waals surface area contributed by atoms with Gasteiger partial charge in [0.1, 0.15) is 15.7 Å². The number of anilines is 1. The first-order valence-corrected chi connectivity index (χ1v) is 19.7. The van der Waals surface area contributed by atoms with Gasteiger partial charge in [-0.25, -0.2) is 4.21 Å². The van der Waals surface area contributed by atoms with Crippen molar-refractivity contribution in [3.8, 4) is 5.75 Å². The van der Waals surface area contributed by atoms with Gasteiger partial charge in [0.05, 0.1) is 35.9 Å². The van der Waals surface area contributed by atoms with Gasteiger partial charge in [-0.15, -0.1) is 4.36 Å². The van der Waals surface area contributed by atoms with Crippen LogP contribution in [0, 0.1) is 17.8 Å². The van der Waals surface area contributed by atoms with Gasteiger partial charge in [-0.2, -0.15) is 5.10 Å². The fourth-order valence-corrected chi connectivity index (χ4v) is 9.20. The summed E-state index contributed by atoms with van der Waals surface area (Å²) >= 11 is 6.46. The zero-order chi connectivity index (χ0) is 35.4. The van der Waals surface area contributed by atoms with E-state index in [0.29, 0.717) is 42.2 Å². The minimum absolute atomic E-state index is 0.00361. The number of aryl methyl sites for hydroxylation is 1. The van der Waals surface area contributed by atoms with Gasteiger partial charge in [0.25, 0.3) is 11.8 Å². The van der Waals surface area contributed by atoms with Crippen LogP contribution in [-0.4, -0.2) is 57.9 Å². The lowest BCUT2D eigenvalue weighted by Gasteiger charge is -2.43. The zero-order valence-electron chi connectivity index (χ0n) is 29.3. The molecule has 0 radical (unpaired) electrons. The van der Waals surface area contributed by atoms with Crippen LogP contribution in [0.1, 0.15) is 90.8 Å². The highest BCUT2D eigenvalue weighted by atomic mass is 35.5. The SMILES string of the molecule is CO[C@H]1/C=C/C[C@H](C)C[S@@](=O)(NC(=O)c2cnn(C(C)C)c2)=NC(=O)c2ccc3c(c2)N(Cc2ccc(Cl)cc2CCCCO3)C[C@@H]2CC[C@H]21. The van der Waals surface area contributed by atoms with Crippen LogP contribution >= 0.6 is 11.6 Å². The molecule has 1 aromatic heterocycles. The fraction of sp³-hybridized carbons (Fsp3) is 0.500. The molecule has 1 aliphatic carbocycles. The van der Waals surface area contributed by atoms with Crippen molar-refractivity contribution < 1.29 is 23.3 Å². The molecule has 0 unspecified atom stereocenters. The number of hydrogen-bond donors (Lipinski definition) is 1. The van der Waals surface area contributed by atoms with Gasteiger partial charge in [-0.05, 0) is 112 Å². The maximum absolute atomic E-state index is 14.5. The van der Waals surface area contributed by atoms with Crippen LogP contribution in [0.2, 0.25) is 5.02 Å². The van der Waals surface area contributed by atoms with Gasteiger partial charge in [-0.1, -0.05) is 36.7 Å². The molecular formula is C38H48ClN5O5S. The van der Waals surface area contributed by atoms with Gasteiger partial charge in [-0.3, -0.25) is 19.0 Å². The normalized spacial score (nSPS) is 26.7. The summed E-state index contributed by atoms with van der Waals surface area (Å²) in [6, 6.07) is 11.4. The lowest BCUT2D eigenvalue weighted by molar-refractivity contribution is 0.0133. The first-order chi connectivity index (χ1) is 24.0. The molecule has 2 bridgehead atoms. The summed E-state index contributed by atoms with van der Waals surface area (Å²) in [6.45, 7) is 7.72. The first-order valence-electron chi connectivity index (χ1n) is 17.7. The number of nitrogens with zero attached hydrogens (tertiary/aromatic N) is 4. The molecule has 10 nitrogen and oxygen atoms in total. The highest BCUT2D eigenvalue weighted by molar-refractivity contribution is 7.92. The lowest BCUT2D eigenvalue weighted by Crippen LogP contribution is -2.43. The molecule has 0 saturated heterocycles. The molecule has 1 N–H and O–H groups in total. The maximum Gasteiger partial charge on any atom is 0.286 e. The fourth-order valence-electron chi connectivity index (χ4n) is 7.12. The van der Waals surface area contributed by atoms with E-state index in [0.717, 1.165) is 44.3 Å². The minimum atomic E-state index is -3.54. The molecule has 0 spiro atoms. The van der Waals surface area contributed by atoms with Gasteiger partial charge < -0.3 is 14.4 Å². The molecule has 5 atom stereocenters. The monoisotopic (exact) mass is 721 g/mol. The van der Waals surface area contributed by atoms with Crippen LogP contribution in [-0.2, 0) is 27.6 Å². The van der Waals surface area contributed by atoms with Gasteiger partial charge in [0.2, 0.25) is 0 Å². The van der Waals surface area contributed by atoms with Crippen LogP contribution < -0.4 is 14.4 Å². The Morgan fingerprint density at radius 3 is 2.72 bits per heavy atom. The van der Waals surface area contributed by atoms with Crippen LogP contribution in [0.15, 0.2) is 65.3 Å². The summed E-state index contributed by atoms with van der Waals surface area (Å²) in [7, 11) is -1.79. The number of fused-ring (bicyclic) bond motifs is 3. The molecule has 3 aromatic rings. The van der Waals surface area contributed by atoms with Crippen molar-refractivity contribution in [3.05, 3.63) is 88.2 Å². The smallest absolute Gasteiger partial charge is 0.286 e. The van der Waals surface area contributed by atoms with Gasteiger partial charge in [0.15, 0.2) is 0 Å². The van der Waals surface area contributed by atoms with Gasteiger partial charge >= 0.3 is 0 Å². The molecule has 50 heavy (non-hydrogen) atoms. The Morgan fingerprint density at radius 1 is 1.14 bits per heavy atom. The third-order valence-electron chi connectivity index (χ3n) is 10.0. The van der Waals surface area contributed by atoms with Crippen molar-refractivity contribution >= 4 is 39.0 Å². The number of hydrogen-bond acceptors (Lipinski definition) is 7. The van der Waals surface area contributed by atoms with Crippen molar-refractivity contribution in [3.63, 3.8) is 0 Å². The largest absolute Gasteiger partial charge is 0.491 e. The maximum atomic E-state index is 14.5. The summed E-state index contributed by atoms with van der Waals surface area (Å²) in [5.41, 5.74) is 3.69. The van der Waals surface area contributed by atoms with Gasteiger partial charge in [0, 0.05) is 43.0 Å². The van der Waals surface area contributed by atoms with Crippen molar-refractivity contribution in [2.24, 2.45) is 22.1 Å². The highest BCUT2D eigenvalue weighted by Gasteiger charge is 2.38. The predicted molar refractivity (Wildman–Crippen MR) is 197 cm³/mol. The van der Waals surface area contributed by atoms with E-state index in [1.54, 1.807) is 30.1 Å². The highest BCUT2D eigenvalue weighted by Crippen LogP contribution is 2.42. The summed E-state index contributed by atoms with van der Waals surface area (Å²) < 4.78 is 35.5. The number of aromatic nitrogens is 2. The molecule has 6 rings (SSSR count). The van der Waals surface area contributed by atoms with E-state index < -0.39 is 21.7 Å². The standard InChI is InChI=1S/C38H48ClN5O5S/c1-25(2)44-23-31(20-40-44)38(46)42-50(47)24-26(3)8-7-10-35(48-4)33-15-12-30(33)22-43-21-29-11-14-32(39)18-27(29)9-5-6-17-49-36-16-13-28(19-34(36)43)37(45)41-50/h7,10-11,13-14,16,18-20,23,25-26,30,33,35H,5-6,8-9,12,15,17,21-22,24H2,1-4H3,(H,41,42,45,46,47)/b10-7+/t26-,30-,33+,35-,50-/m0/s1. The van der Waals surface area contributed by atoms with E-state index in [-0.39, 0.29) is 34.9 Å². The van der Waals surface area contributed by atoms with Crippen molar-refractivity contribution in [1.82, 2.24) is 14.5 Å². The number of carbonyl (C=O) groups excluding carboxylic acids is 2. The number of halogens is 1. The molecule has 2 aromatic carbocycles. The van der Waals surface area contributed by atoms with Crippen LogP contribution in [0.4, 0.5) is 5.69 Å². The van der Waals surface area contributed by atoms with Crippen molar-refractivity contribution in [1.29, 1.82) is 0 Å². The number of methoxy groups -OCH3 is 1. The molecular weight excluding hydrogens is 674 g/mol. The van der Waals surface area contributed by atoms with Crippen molar-refractivity contribution in [2.75, 3.05) is 30.9 Å². The second-order valence-corrected chi connectivity index (χ2v) is 16.6. The van der Waals surface area contributed by atoms with Crippen LogP contribution in [0.5, 0.6) is 5.75 Å². The van der Waals surface area contributed by atoms with Crippen LogP contribution in [0.25, 0.3) is 0 Å². The number of benzene rings is 2. The van der Waals surface area contributed by atoms with E-state index >= 15 is 0 Å². The molecule has 12 heteroatoms. The predicted octanol–water partition coefficient (Wildman–Crippen LogP) is 7.43. The number of carbonyl (C=O) groups is 2. The molecule has 3 heterocycles. The summed E-state index contributed by atoms with van der Waals surface area (Å²) in [6.07, 6.45) is 12.6. The average molecular weight is 722 g/mol. The van der Waals surface area contributed by atoms with Crippen LogP contribution in [0.3, 0.4) is 0 Å². The quantitative estimate of drug-likeness (QED) is 0.279. The third-order valence-corrected chi connectivity index (χ3v) is 12.3. The Kier molecular flexibility index (Phi) is 11.3. The average Bonchev–Trinajstić information content (AvgIpc) is 3.56. The number of amides is 2. The molecule has 2 amide bonds. The Hall–Kier alpha value is -3.67. The number of rotatable bonds is 4. The third kappa shape index (κ3) is 8.44. The number of ether oxygens (including phenoxy) is 2. The van der Waals surface area contributed by atoms with E-state index in [1.807, 2.05) is 32.9 Å². The molecule has 2 aliphatic heterocycles. The molecule has 1 fully saturated rings. The summed E-state index contributed by atoms with van der Waals surface area (Å²) in [4.78, 5) is 29.7. The Labute approximate surface area is 300 Å². The summed E-state index contributed by atoms with van der Waals surface area (Å²) in [5.74, 6) is -0.0378. The minimum Gasteiger partial charge on any atom is -0.491 e. The number of allylic oxidation sites excluding steroid dienone is 1. The lowest BCUT2D eigenvalue weighted by atomic mass is 9.70. The van der Waals surface area contributed by atoms with E-state index in [2.05, 4.69) is 43.4 Å². The second-order valence-electron chi connectivity index (χ2n) is 14.2.